The zero-order chi connectivity index (χ0) is 20.4. The third kappa shape index (κ3) is 3.48. The lowest BCUT2D eigenvalue weighted by atomic mass is 10.1. The largest absolute Gasteiger partial charge is 0.495 e. The van der Waals surface area contributed by atoms with Crippen molar-refractivity contribution in [1.29, 1.82) is 0 Å². The standard InChI is InChI=1S/C20H15N5O4/c1-29-18-8-7-13(16-12-24-10-4-9-21-20(24)23-16)11-15(18)22-19(26)14-5-2-3-6-17(14)25(27)28/h2-12H,1H3,(H,22,26). The van der Waals surface area contributed by atoms with Gasteiger partial charge in [-0.2, -0.15) is 0 Å². The van der Waals surface area contributed by atoms with Gasteiger partial charge in [0.1, 0.15) is 11.3 Å². The maximum Gasteiger partial charge on any atom is 0.282 e. The minimum atomic E-state index is -0.607. The van der Waals surface area contributed by atoms with E-state index in [-0.39, 0.29) is 11.3 Å². The lowest BCUT2D eigenvalue weighted by Crippen LogP contribution is -2.14. The minimum Gasteiger partial charge on any atom is -0.495 e. The van der Waals surface area contributed by atoms with Crippen molar-refractivity contribution >= 4 is 23.1 Å². The number of hydrogen-bond donors (Lipinski definition) is 1. The lowest BCUT2D eigenvalue weighted by molar-refractivity contribution is -0.385. The van der Waals surface area contributed by atoms with E-state index >= 15 is 0 Å². The van der Waals surface area contributed by atoms with Crippen molar-refractivity contribution in [1.82, 2.24) is 14.4 Å². The molecule has 1 N–H and O–H groups in total. The van der Waals surface area contributed by atoms with Gasteiger partial charge in [-0.05, 0) is 30.3 Å². The highest BCUT2D eigenvalue weighted by Crippen LogP contribution is 2.31. The van der Waals surface area contributed by atoms with Gasteiger partial charge in [-0.25, -0.2) is 9.97 Å². The number of carbonyl (C=O) groups excluding carboxylic acids is 1. The first kappa shape index (κ1) is 18.1. The van der Waals surface area contributed by atoms with Crippen LogP contribution < -0.4 is 10.1 Å². The van der Waals surface area contributed by atoms with Gasteiger partial charge in [0.05, 0.1) is 23.4 Å². The van der Waals surface area contributed by atoms with E-state index in [0.29, 0.717) is 22.9 Å². The molecule has 2 heterocycles. The molecule has 0 radical (unpaired) electrons. The number of amides is 1. The summed E-state index contributed by atoms with van der Waals surface area (Å²) in [5.41, 5.74) is 1.45. The molecule has 0 saturated heterocycles. The Hall–Kier alpha value is -4.27. The SMILES string of the molecule is COc1ccc(-c2cn3cccnc3n2)cc1NC(=O)c1ccccc1[N+](=O)[O-]. The lowest BCUT2D eigenvalue weighted by Gasteiger charge is -2.11. The zero-order valence-electron chi connectivity index (χ0n) is 15.3. The first-order chi connectivity index (χ1) is 14.1. The summed E-state index contributed by atoms with van der Waals surface area (Å²) < 4.78 is 7.11. The number of rotatable bonds is 5. The van der Waals surface area contributed by atoms with Crippen LogP contribution in [0.15, 0.2) is 67.1 Å². The first-order valence-electron chi connectivity index (χ1n) is 8.60. The van der Waals surface area contributed by atoms with Crippen molar-refractivity contribution in [3.63, 3.8) is 0 Å². The average Bonchev–Trinajstić information content (AvgIpc) is 3.18. The molecule has 2 aromatic heterocycles. The summed E-state index contributed by atoms with van der Waals surface area (Å²) in [7, 11) is 1.48. The smallest absolute Gasteiger partial charge is 0.282 e. The Morgan fingerprint density at radius 3 is 2.79 bits per heavy atom. The Morgan fingerprint density at radius 2 is 2.03 bits per heavy atom. The quantitative estimate of drug-likeness (QED) is 0.413. The number of para-hydroxylation sites is 1. The topological polar surface area (TPSA) is 112 Å². The summed E-state index contributed by atoms with van der Waals surface area (Å²) in [6.07, 6.45) is 5.30. The van der Waals surface area contributed by atoms with E-state index in [0.717, 1.165) is 5.56 Å². The van der Waals surface area contributed by atoms with Crippen LogP contribution in [0.3, 0.4) is 0 Å². The zero-order valence-corrected chi connectivity index (χ0v) is 15.3. The molecule has 0 aliphatic rings. The van der Waals surface area contributed by atoms with Gasteiger partial charge >= 0.3 is 0 Å². The van der Waals surface area contributed by atoms with Crippen LogP contribution in [-0.2, 0) is 0 Å². The summed E-state index contributed by atoms with van der Waals surface area (Å²) in [5, 5.41) is 13.9. The van der Waals surface area contributed by atoms with Crippen molar-refractivity contribution < 1.29 is 14.5 Å². The monoisotopic (exact) mass is 389 g/mol. The number of hydrogen-bond acceptors (Lipinski definition) is 6. The molecule has 29 heavy (non-hydrogen) atoms. The third-order valence-corrected chi connectivity index (χ3v) is 4.32. The number of benzene rings is 2. The Kier molecular flexibility index (Phi) is 4.62. The van der Waals surface area contributed by atoms with Crippen molar-refractivity contribution in [2.24, 2.45) is 0 Å². The van der Waals surface area contributed by atoms with Gasteiger partial charge in [0.15, 0.2) is 0 Å². The molecule has 4 rings (SSSR count). The molecule has 9 heteroatoms. The number of fused-ring (bicyclic) bond motifs is 1. The number of nitro groups is 1. The molecule has 9 nitrogen and oxygen atoms in total. The molecule has 144 valence electrons. The normalized spacial score (nSPS) is 10.7. The van der Waals surface area contributed by atoms with Gasteiger partial charge in [0.25, 0.3) is 11.6 Å². The van der Waals surface area contributed by atoms with E-state index in [1.807, 2.05) is 12.4 Å². The molecule has 0 aliphatic carbocycles. The number of anilines is 1. The van der Waals surface area contributed by atoms with Crippen molar-refractivity contribution in [3.8, 4) is 17.0 Å². The van der Waals surface area contributed by atoms with Crippen LogP contribution in [0.4, 0.5) is 11.4 Å². The Bertz CT molecular complexity index is 1200. The number of nitrogens with zero attached hydrogens (tertiary/aromatic N) is 4. The number of methoxy groups -OCH3 is 1. The number of carbonyl (C=O) groups is 1. The predicted octanol–water partition coefficient (Wildman–Crippen LogP) is 3.57. The summed E-state index contributed by atoms with van der Waals surface area (Å²) in [6, 6.07) is 12.8. The molecule has 4 aromatic rings. The van der Waals surface area contributed by atoms with Crippen LogP contribution in [0.2, 0.25) is 0 Å². The van der Waals surface area contributed by atoms with Gasteiger partial charge in [-0.3, -0.25) is 19.3 Å². The highest BCUT2D eigenvalue weighted by atomic mass is 16.6. The van der Waals surface area contributed by atoms with Gasteiger partial charge in [-0.15, -0.1) is 0 Å². The highest BCUT2D eigenvalue weighted by molar-refractivity contribution is 6.08. The molecule has 0 atom stereocenters. The Morgan fingerprint density at radius 1 is 1.21 bits per heavy atom. The van der Waals surface area contributed by atoms with Crippen LogP contribution in [0.5, 0.6) is 5.75 Å². The maximum absolute atomic E-state index is 12.7. The van der Waals surface area contributed by atoms with Crippen LogP contribution >= 0.6 is 0 Å². The van der Waals surface area contributed by atoms with Crippen LogP contribution in [0.25, 0.3) is 17.0 Å². The second-order valence-electron chi connectivity index (χ2n) is 6.10. The van der Waals surface area contributed by atoms with Crippen molar-refractivity contribution in [3.05, 3.63) is 82.8 Å². The molecule has 0 saturated carbocycles. The van der Waals surface area contributed by atoms with E-state index in [4.69, 9.17) is 4.74 Å². The van der Waals surface area contributed by atoms with Gasteiger partial charge in [-0.1, -0.05) is 12.1 Å². The number of ether oxygens (including phenoxy) is 1. The Balaban J connectivity index is 1.71. The van der Waals surface area contributed by atoms with E-state index in [1.54, 1.807) is 40.9 Å². The van der Waals surface area contributed by atoms with Crippen LogP contribution in [0.1, 0.15) is 10.4 Å². The summed E-state index contributed by atoms with van der Waals surface area (Å²) in [6.45, 7) is 0. The summed E-state index contributed by atoms with van der Waals surface area (Å²) >= 11 is 0. The van der Waals surface area contributed by atoms with E-state index < -0.39 is 10.8 Å². The van der Waals surface area contributed by atoms with Gasteiger partial charge in [0.2, 0.25) is 5.78 Å². The van der Waals surface area contributed by atoms with Gasteiger partial charge in [0, 0.05) is 30.2 Å². The summed E-state index contributed by atoms with van der Waals surface area (Å²) in [4.78, 5) is 32.0. The first-order valence-corrected chi connectivity index (χ1v) is 8.60. The fraction of sp³-hybridized carbons (Fsp3) is 0.0500. The third-order valence-electron chi connectivity index (χ3n) is 4.32. The highest BCUT2D eigenvalue weighted by Gasteiger charge is 2.20. The molecule has 0 unspecified atom stereocenters. The van der Waals surface area contributed by atoms with Gasteiger partial charge < -0.3 is 10.1 Å². The molecular formula is C20H15N5O4. The molecule has 1 amide bonds. The summed E-state index contributed by atoms with van der Waals surface area (Å²) in [5.74, 6) is 0.357. The fourth-order valence-corrected chi connectivity index (χ4v) is 2.95. The molecular weight excluding hydrogens is 374 g/mol. The minimum absolute atomic E-state index is 0.0399. The molecule has 0 spiro atoms. The van der Waals surface area contributed by atoms with Crippen molar-refractivity contribution in [2.45, 2.75) is 0 Å². The molecule has 0 aliphatic heterocycles. The number of aromatic nitrogens is 3. The fourth-order valence-electron chi connectivity index (χ4n) is 2.95. The average molecular weight is 389 g/mol. The van der Waals surface area contributed by atoms with Crippen molar-refractivity contribution in [2.75, 3.05) is 12.4 Å². The molecule has 0 fully saturated rings. The van der Waals surface area contributed by atoms with Crippen LogP contribution in [0, 0.1) is 10.1 Å². The maximum atomic E-state index is 12.7. The molecule has 2 aromatic carbocycles. The second-order valence-corrected chi connectivity index (χ2v) is 6.10. The van der Waals surface area contributed by atoms with E-state index in [1.165, 1.54) is 25.3 Å². The second kappa shape index (κ2) is 7.39. The van der Waals surface area contributed by atoms with Crippen LogP contribution in [-0.4, -0.2) is 32.3 Å². The predicted molar refractivity (Wildman–Crippen MR) is 106 cm³/mol. The van der Waals surface area contributed by atoms with E-state index in [9.17, 15) is 14.9 Å². The number of imidazole rings is 1. The molecule has 0 bridgehead atoms. The number of nitrogens with one attached hydrogen (secondary N) is 1. The van der Waals surface area contributed by atoms with E-state index in [2.05, 4.69) is 15.3 Å². The Labute approximate surface area is 164 Å². The number of nitro benzene ring substituents is 1.